The van der Waals surface area contributed by atoms with Gasteiger partial charge in [-0.1, -0.05) is 26.0 Å². The molecule has 2 heterocycles. The van der Waals surface area contributed by atoms with Gasteiger partial charge in [0.15, 0.2) is 0 Å². The molecule has 22 heavy (non-hydrogen) atoms. The van der Waals surface area contributed by atoms with E-state index in [0.717, 1.165) is 23.7 Å². The maximum atomic E-state index is 12.5. The molecule has 4 nitrogen and oxygen atoms in total. The SMILES string of the molecule is CC1CC(C)CN(C(=O)CC2Sc3ccccc3NC2=O)C1. The van der Waals surface area contributed by atoms with Gasteiger partial charge in [0.25, 0.3) is 0 Å². The summed E-state index contributed by atoms with van der Waals surface area (Å²) < 4.78 is 0. The number of benzene rings is 1. The quantitative estimate of drug-likeness (QED) is 0.912. The molecule has 3 atom stereocenters. The predicted octanol–water partition coefficient (Wildman–Crippen LogP) is 2.99. The van der Waals surface area contributed by atoms with Crippen molar-refractivity contribution in [3.05, 3.63) is 24.3 Å². The molecule has 0 aromatic heterocycles. The van der Waals surface area contributed by atoms with E-state index in [-0.39, 0.29) is 23.5 Å². The highest BCUT2D eigenvalue weighted by atomic mass is 32.2. The summed E-state index contributed by atoms with van der Waals surface area (Å²) in [5.74, 6) is 1.13. The number of hydrogen-bond donors (Lipinski definition) is 1. The summed E-state index contributed by atoms with van der Waals surface area (Å²) in [5, 5.41) is 2.58. The standard InChI is InChI=1S/C17H22N2O2S/c1-11-7-12(2)10-19(9-11)16(20)8-15-17(21)18-13-5-3-4-6-14(13)22-15/h3-6,11-12,15H,7-10H2,1-2H3,(H,18,21). The molecular weight excluding hydrogens is 296 g/mol. The Hall–Kier alpha value is -1.49. The Bertz CT molecular complexity index is 580. The fraction of sp³-hybridized carbons (Fsp3) is 0.529. The number of rotatable bonds is 2. The van der Waals surface area contributed by atoms with E-state index in [1.807, 2.05) is 29.2 Å². The van der Waals surface area contributed by atoms with E-state index >= 15 is 0 Å². The summed E-state index contributed by atoms with van der Waals surface area (Å²) >= 11 is 1.50. The van der Waals surface area contributed by atoms with E-state index < -0.39 is 0 Å². The van der Waals surface area contributed by atoms with Gasteiger partial charge in [-0.25, -0.2) is 0 Å². The van der Waals surface area contributed by atoms with Crippen molar-refractivity contribution in [3.8, 4) is 0 Å². The first-order valence-corrected chi connectivity index (χ1v) is 8.75. The van der Waals surface area contributed by atoms with Gasteiger partial charge in [0.1, 0.15) is 0 Å². The average molecular weight is 318 g/mol. The molecule has 0 spiro atoms. The van der Waals surface area contributed by atoms with Crippen LogP contribution in [0, 0.1) is 11.8 Å². The highest BCUT2D eigenvalue weighted by Crippen LogP contribution is 2.37. The van der Waals surface area contributed by atoms with Gasteiger partial charge in [0.05, 0.1) is 10.9 Å². The summed E-state index contributed by atoms with van der Waals surface area (Å²) in [7, 11) is 0. The number of anilines is 1. The van der Waals surface area contributed by atoms with Crippen LogP contribution in [0.15, 0.2) is 29.2 Å². The van der Waals surface area contributed by atoms with Gasteiger partial charge in [0.2, 0.25) is 11.8 Å². The third kappa shape index (κ3) is 3.29. The molecule has 2 aliphatic rings. The van der Waals surface area contributed by atoms with E-state index in [1.54, 1.807) is 0 Å². The monoisotopic (exact) mass is 318 g/mol. The van der Waals surface area contributed by atoms with Crippen molar-refractivity contribution in [1.29, 1.82) is 0 Å². The smallest absolute Gasteiger partial charge is 0.238 e. The van der Waals surface area contributed by atoms with E-state index in [2.05, 4.69) is 19.2 Å². The van der Waals surface area contributed by atoms with Crippen LogP contribution in [0.5, 0.6) is 0 Å². The molecule has 0 aliphatic carbocycles. The van der Waals surface area contributed by atoms with Gasteiger partial charge in [-0.2, -0.15) is 0 Å². The fourth-order valence-electron chi connectivity index (χ4n) is 3.38. The van der Waals surface area contributed by atoms with Crippen LogP contribution in [0.25, 0.3) is 0 Å². The Morgan fingerprint density at radius 1 is 1.27 bits per heavy atom. The number of thioether (sulfide) groups is 1. The number of fused-ring (bicyclic) bond motifs is 1. The Kier molecular flexibility index (Phi) is 4.43. The number of nitrogens with one attached hydrogen (secondary N) is 1. The van der Waals surface area contributed by atoms with Crippen LogP contribution in [0.3, 0.4) is 0 Å². The zero-order valence-corrected chi connectivity index (χ0v) is 13.9. The van der Waals surface area contributed by atoms with Crippen LogP contribution in [-0.4, -0.2) is 35.1 Å². The van der Waals surface area contributed by atoms with Gasteiger partial charge < -0.3 is 10.2 Å². The normalized spacial score (nSPS) is 28.0. The Morgan fingerprint density at radius 3 is 2.68 bits per heavy atom. The summed E-state index contributed by atoms with van der Waals surface area (Å²) in [5.41, 5.74) is 0.849. The largest absolute Gasteiger partial charge is 0.342 e. The molecule has 1 fully saturated rings. The van der Waals surface area contributed by atoms with Gasteiger partial charge >= 0.3 is 0 Å². The highest BCUT2D eigenvalue weighted by Gasteiger charge is 2.32. The number of amides is 2. The number of piperidine rings is 1. The summed E-state index contributed by atoms with van der Waals surface area (Å²) in [6.07, 6.45) is 1.46. The minimum atomic E-state index is -0.324. The van der Waals surface area contributed by atoms with Gasteiger partial charge in [-0.3, -0.25) is 9.59 Å². The first-order chi connectivity index (χ1) is 10.5. The molecule has 3 unspecified atom stereocenters. The molecular formula is C17H22N2O2S. The molecule has 118 valence electrons. The van der Waals surface area contributed by atoms with Gasteiger partial charge in [0, 0.05) is 24.4 Å². The van der Waals surface area contributed by atoms with Gasteiger partial charge in [-0.05, 0) is 30.4 Å². The Morgan fingerprint density at radius 2 is 1.95 bits per heavy atom. The molecule has 1 aromatic rings. The minimum Gasteiger partial charge on any atom is -0.342 e. The molecule has 2 amide bonds. The summed E-state index contributed by atoms with van der Waals surface area (Å²) in [6.45, 7) is 6.01. The van der Waals surface area contributed by atoms with Crippen LogP contribution in [0.2, 0.25) is 0 Å². The molecule has 0 radical (unpaired) electrons. The number of likely N-dealkylation sites (tertiary alicyclic amines) is 1. The summed E-state index contributed by atoms with van der Waals surface area (Å²) in [6, 6.07) is 7.74. The number of para-hydroxylation sites is 1. The number of hydrogen-bond acceptors (Lipinski definition) is 3. The second-order valence-corrected chi connectivity index (χ2v) is 7.79. The molecule has 3 rings (SSSR count). The van der Waals surface area contributed by atoms with E-state index in [4.69, 9.17) is 0 Å². The number of carbonyl (C=O) groups is 2. The second-order valence-electron chi connectivity index (χ2n) is 6.54. The first kappa shape index (κ1) is 15.4. The maximum Gasteiger partial charge on any atom is 0.238 e. The topological polar surface area (TPSA) is 49.4 Å². The van der Waals surface area contributed by atoms with Crippen molar-refractivity contribution in [3.63, 3.8) is 0 Å². The molecule has 5 heteroatoms. The lowest BCUT2D eigenvalue weighted by molar-refractivity contribution is -0.135. The van der Waals surface area contributed by atoms with Crippen LogP contribution >= 0.6 is 11.8 Å². The van der Waals surface area contributed by atoms with Crippen LogP contribution < -0.4 is 5.32 Å². The highest BCUT2D eigenvalue weighted by molar-refractivity contribution is 8.01. The Labute approximate surface area is 135 Å². The molecule has 2 aliphatic heterocycles. The molecule has 0 bridgehead atoms. The van der Waals surface area contributed by atoms with Crippen LogP contribution in [0.1, 0.15) is 26.7 Å². The van der Waals surface area contributed by atoms with Crippen molar-refractivity contribution < 1.29 is 9.59 Å². The fourth-order valence-corrected chi connectivity index (χ4v) is 4.48. The lowest BCUT2D eigenvalue weighted by Gasteiger charge is -2.36. The second kappa shape index (κ2) is 6.32. The van der Waals surface area contributed by atoms with Crippen molar-refractivity contribution in [2.45, 2.75) is 36.8 Å². The van der Waals surface area contributed by atoms with Gasteiger partial charge in [-0.15, -0.1) is 11.8 Å². The van der Waals surface area contributed by atoms with Crippen molar-refractivity contribution in [2.75, 3.05) is 18.4 Å². The van der Waals surface area contributed by atoms with Crippen LogP contribution in [-0.2, 0) is 9.59 Å². The van der Waals surface area contributed by atoms with E-state index in [0.29, 0.717) is 11.8 Å². The minimum absolute atomic E-state index is 0.0600. The lowest BCUT2D eigenvalue weighted by Crippen LogP contribution is -2.44. The first-order valence-electron chi connectivity index (χ1n) is 7.87. The number of carbonyl (C=O) groups excluding carboxylic acids is 2. The molecule has 1 N–H and O–H groups in total. The van der Waals surface area contributed by atoms with E-state index in [9.17, 15) is 9.59 Å². The summed E-state index contributed by atoms with van der Waals surface area (Å²) in [4.78, 5) is 27.7. The van der Waals surface area contributed by atoms with E-state index in [1.165, 1.54) is 18.2 Å². The zero-order valence-electron chi connectivity index (χ0n) is 13.0. The molecule has 1 aromatic carbocycles. The number of nitrogens with zero attached hydrogens (tertiary/aromatic N) is 1. The third-order valence-electron chi connectivity index (χ3n) is 4.29. The van der Waals surface area contributed by atoms with Crippen molar-refractivity contribution in [1.82, 2.24) is 4.90 Å². The Balaban J connectivity index is 1.66. The zero-order chi connectivity index (χ0) is 15.7. The van der Waals surface area contributed by atoms with Crippen molar-refractivity contribution >= 4 is 29.3 Å². The van der Waals surface area contributed by atoms with Crippen LogP contribution in [0.4, 0.5) is 5.69 Å². The van der Waals surface area contributed by atoms with Crippen molar-refractivity contribution in [2.24, 2.45) is 11.8 Å². The molecule has 0 saturated carbocycles. The average Bonchev–Trinajstić information content (AvgIpc) is 2.47. The predicted molar refractivity (Wildman–Crippen MR) is 88.9 cm³/mol. The maximum absolute atomic E-state index is 12.5. The third-order valence-corrected chi connectivity index (χ3v) is 5.56. The lowest BCUT2D eigenvalue weighted by atomic mass is 9.91. The molecule has 1 saturated heterocycles.